The summed E-state index contributed by atoms with van der Waals surface area (Å²) in [4.78, 5) is 10.8. The highest BCUT2D eigenvalue weighted by Crippen LogP contribution is 2.12. The molecular formula is C11H16N2O5S. The maximum atomic E-state index is 11.4. The van der Waals surface area contributed by atoms with E-state index in [-0.39, 0.29) is 13.2 Å². The van der Waals surface area contributed by atoms with Crippen LogP contribution in [0.5, 0.6) is 5.75 Å². The van der Waals surface area contributed by atoms with Crippen molar-refractivity contribution in [3.8, 4) is 5.75 Å². The summed E-state index contributed by atoms with van der Waals surface area (Å²) >= 11 is 0. The first-order valence-electron chi connectivity index (χ1n) is 5.45. The van der Waals surface area contributed by atoms with Crippen molar-refractivity contribution in [2.45, 2.75) is 0 Å². The van der Waals surface area contributed by atoms with Crippen molar-refractivity contribution in [2.75, 3.05) is 31.7 Å². The molecule has 0 heterocycles. The molecule has 3 N–H and O–H groups in total. The third-order valence-corrected chi connectivity index (χ3v) is 3.37. The summed E-state index contributed by atoms with van der Waals surface area (Å²) in [6, 6.07) is 6.71. The van der Waals surface area contributed by atoms with Crippen LogP contribution >= 0.6 is 0 Å². The Balaban J connectivity index is 2.30. The average Bonchev–Trinajstić information content (AvgIpc) is 2.36. The van der Waals surface area contributed by atoms with Gasteiger partial charge in [0.15, 0.2) is 5.75 Å². The molecule has 8 heteroatoms. The van der Waals surface area contributed by atoms with E-state index >= 15 is 0 Å². The van der Waals surface area contributed by atoms with E-state index in [2.05, 4.69) is 9.46 Å². The van der Waals surface area contributed by atoms with Gasteiger partial charge in [0, 0.05) is 12.2 Å². The molecule has 106 valence electrons. The summed E-state index contributed by atoms with van der Waals surface area (Å²) in [5.74, 6) is -0.931. The summed E-state index contributed by atoms with van der Waals surface area (Å²) < 4.78 is 34.5. The number of methoxy groups -OCH3 is 1. The van der Waals surface area contributed by atoms with Crippen LogP contribution in [-0.4, -0.2) is 40.4 Å². The van der Waals surface area contributed by atoms with Gasteiger partial charge in [0.1, 0.15) is 12.4 Å². The second kappa shape index (κ2) is 6.95. The lowest BCUT2D eigenvalue weighted by Crippen LogP contribution is -2.33. The van der Waals surface area contributed by atoms with E-state index in [1.807, 2.05) is 0 Å². The van der Waals surface area contributed by atoms with E-state index in [0.717, 1.165) is 7.11 Å². The predicted molar refractivity (Wildman–Crippen MR) is 70.2 cm³/mol. The van der Waals surface area contributed by atoms with Crippen molar-refractivity contribution in [1.29, 1.82) is 0 Å². The van der Waals surface area contributed by atoms with E-state index in [1.165, 1.54) is 0 Å². The Labute approximate surface area is 111 Å². The van der Waals surface area contributed by atoms with Gasteiger partial charge in [-0.15, -0.1) is 0 Å². The van der Waals surface area contributed by atoms with Crippen LogP contribution in [0, 0.1) is 0 Å². The van der Waals surface area contributed by atoms with Crippen LogP contribution in [0.4, 0.5) is 5.69 Å². The number of sulfonamides is 1. The number of nitrogens with one attached hydrogen (secondary N) is 1. The first-order valence-corrected chi connectivity index (χ1v) is 7.10. The normalized spacial score (nSPS) is 11.0. The van der Waals surface area contributed by atoms with E-state index in [1.54, 1.807) is 24.3 Å². The van der Waals surface area contributed by atoms with Gasteiger partial charge in [-0.05, 0) is 24.3 Å². The summed E-state index contributed by atoms with van der Waals surface area (Å²) in [5.41, 5.74) is 6.12. The minimum absolute atomic E-state index is 0.0592. The molecule has 0 aliphatic heterocycles. The van der Waals surface area contributed by atoms with Crippen LogP contribution in [0.1, 0.15) is 0 Å². The van der Waals surface area contributed by atoms with Crippen molar-refractivity contribution in [2.24, 2.45) is 0 Å². The van der Waals surface area contributed by atoms with Crippen LogP contribution in [0.25, 0.3) is 0 Å². The summed E-state index contributed by atoms with van der Waals surface area (Å²) in [6.45, 7) is 0.202. The topological polar surface area (TPSA) is 108 Å². The van der Waals surface area contributed by atoms with Crippen LogP contribution in [0.15, 0.2) is 24.3 Å². The molecule has 1 aromatic carbocycles. The van der Waals surface area contributed by atoms with Crippen LogP contribution in [0.2, 0.25) is 0 Å². The van der Waals surface area contributed by atoms with Crippen LogP contribution < -0.4 is 15.2 Å². The molecule has 1 aromatic rings. The Morgan fingerprint density at radius 1 is 1.32 bits per heavy atom. The zero-order chi connectivity index (χ0) is 14.3. The first-order chi connectivity index (χ1) is 8.93. The largest absolute Gasteiger partial charge is 0.492 e. The van der Waals surface area contributed by atoms with Gasteiger partial charge in [-0.2, -0.15) is 0 Å². The number of carbonyl (C=O) groups excluding carboxylic acids is 1. The quantitative estimate of drug-likeness (QED) is 0.406. The molecular weight excluding hydrogens is 272 g/mol. The van der Waals surface area contributed by atoms with E-state index in [4.69, 9.17) is 10.5 Å². The van der Waals surface area contributed by atoms with Crippen molar-refractivity contribution < 1.29 is 22.7 Å². The van der Waals surface area contributed by atoms with Crippen molar-refractivity contribution in [3.63, 3.8) is 0 Å². The van der Waals surface area contributed by atoms with Gasteiger partial charge in [0.05, 0.1) is 7.11 Å². The number of carbonyl (C=O) groups is 1. The van der Waals surface area contributed by atoms with Gasteiger partial charge in [0.2, 0.25) is 10.0 Å². The Hall–Kier alpha value is -1.80. The number of hydrogen-bond donors (Lipinski definition) is 2. The highest BCUT2D eigenvalue weighted by Gasteiger charge is 2.15. The van der Waals surface area contributed by atoms with Crippen LogP contribution in [-0.2, 0) is 19.6 Å². The molecule has 0 unspecified atom stereocenters. The standard InChI is InChI=1S/C11H16N2O5S/c1-17-11(14)8-19(15,16)13-6-7-18-10-4-2-9(12)3-5-10/h2-5,13H,6-8,12H2,1H3. The molecule has 0 amide bonds. The Kier molecular flexibility index (Phi) is 5.58. The zero-order valence-electron chi connectivity index (χ0n) is 10.5. The number of anilines is 1. The fraction of sp³-hybridized carbons (Fsp3) is 0.364. The van der Waals surface area contributed by atoms with Gasteiger partial charge in [-0.25, -0.2) is 13.1 Å². The van der Waals surface area contributed by atoms with Crippen molar-refractivity contribution >= 4 is 21.7 Å². The molecule has 1 rings (SSSR count). The second-order valence-corrected chi connectivity index (χ2v) is 5.45. The average molecular weight is 288 g/mol. The monoisotopic (exact) mass is 288 g/mol. The fourth-order valence-electron chi connectivity index (χ4n) is 1.20. The predicted octanol–water partition coefficient (Wildman–Crippen LogP) is -0.260. The first kappa shape index (κ1) is 15.3. The maximum Gasteiger partial charge on any atom is 0.322 e. The van der Waals surface area contributed by atoms with Gasteiger partial charge in [-0.1, -0.05) is 0 Å². The van der Waals surface area contributed by atoms with Crippen molar-refractivity contribution in [3.05, 3.63) is 24.3 Å². The molecule has 0 saturated carbocycles. The molecule has 0 fully saturated rings. The van der Waals surface area contributed by atoms with Gasteiger partial charge >= 0.3 is 5.97 Å². The fourth-order valence-corrected chi connectivity index (χ4v) is 2.12. The summed E-state index contributed by atoms with van der Waals surface area (Å²) in [6.07, 6.45) is 0. The van der Waals surface area contributed by atoms with E-state index in [0.29, 0.717) is 11.4 Å². The molecule has 0 spiro atoms. The summed E-state index contributed by atoms with van der Waals surface area (Å²) in [5, 5.41) is 0. The van der Waals surface area contributed by atoms with Crippen LogP contribution in [0.3, 0.4) is 0 Å². The lowest BCUT2D eigenvalue weighted by atomic mass is 10.3. The van der Waals surface area contributed by atoms with E-state index < -0.39 is 21.7 Å². The molecule has 0 radical (unpaired) electrons. The molecule has 7 nitrogen and oxygen atoms in total. The van der Waals surface area contributed by atoms with E-state index in [9.17, 15) is 13.2 Å². The third-order valence-electron chi connectivity index (χ3n) is 2.11. The molecule has 0 aliphatic rings. The number of rotatable bonds is 7. The number of benzene rings is 1. The van der Waals surface area contributed by atoms with Gasteiger partial charge in [0.25, 0.3) is 0 Å². The zero-order valence-corrected chi connectivity index (χ0v) is 11.3. The molecule has 19 heavy (non-hydrogen) atoms. The third kappa shape index (κ3) is 6.07. The highest BCUT2D eigenvalue weighted by molar-refractivity contribution is 7.90. The smallest absolute Gasteiger partial charge is 0.322 e. The molecule has 0 aliphatic carbocycles. The Morgan fingerprint density at radius 3 is 2.53 bits per heavy atom. The summed E-state index contributed by atoms with van der Waals surface area (Å²) in [7, 11) is -2.55. The lowest BCUT2D eigenvalue weighted by molar-refractivity contribution is -0.137. The molecule has 0 atom stereocenters. The van der Waals surface area contributed by atoms with Gasteiger partial charge in [-0.3, -0.25) is 4.79 Å². The van der Waals surface area contributed by atoms with Crippen molar-refractivity contribution in [1.82, 2.24) is 4.72 Å². The minimum Gasteiger partial charge on any atom is -0.492 e. The Morgan fingerprint density at radius 2 is 1.95 bits per heavy atom. The minimum atomic E-state index is -3.68. The number of nitrogen functional groups attached to an aromatic ring is 1. The molecule has 0 aromatic heterocycles. The number of esters is 1. The number of nitrogens with two attached hydrogens (primary N) is 1. The number of ether oxygens (including phenoxy) is 2. The Bertz CT molecular complexity index is 512. The number of hydrogen-bond acceptors (Lipinski definition) is 6. The molecule has 0 saturated heterocycles. The highest BCUT2D eigenvalue weighted by atomic mass is 32.2. The SMILES string of the molecule is COC(=O)CS(=O)(=O)NCCOc1ccc(N)cc1. The molecule has 0 bridgehead atoms. The second-order valence-electron chi connectivity index (χ2n) is 3.65. The van der Waals surface area contributed by atoms with Gasteiger partial charge < -0.3 is 15.2 Å². The lowest BCUT2D eigenvalue weighted by Gasteiger charge is -2.08. The maximum absolute atomic E-state index is 11.4.